The first-order valence-corrected chi connectivity index (χ1v) is 8.70. The molecule has 1 N–H and O–H groups in total. The number of rotatable bonds is 5. The first kappa shape index (κ1) is 16.9. The predicted octanol–water partition coefficient (Wildman–Crippen LogP) is 2.81. The first-order valence-electron chi connectivity index (χ1n) is 8.70. The summed E-state index contributed by atoms with van der Waals surface area (Å²) in [6.45, 7) is 3.87. The number of halogens is 1. The lowest BCUT2D eigenvalue weighted by atomic mass is 9.89. The van der Waals surface area contributed by atoms with Crippen molar-refractivity contribution in [3.63, 3.8) is 0 Å². The minimum Gasteiger partial charge on any atom is -0.337 e. The molecule has 0 aromatic heterocycles. The van der Waals surface area contributed by atoms with Gasteiger partial charge in [-0.25, -0.2) is 4.39 Å². The molecule has 1 amide bonds. The Kier molecular flexibility index (Phi) is 4.86. The summed E-state index contributed by atoms with van der Waals surface area (Å²) in [4.78, 5) is 14.4. The van der Waals surface area contributed by atoms with Crippen molar-refractivity contribution in [2.24, 2.45) is 5.92 Å². The van der Waals surface area contributed by atoms with Crippen molar-refractivity contribution in [2.45, 2.75) is 44.1 Å². The third-order valence-corrected chi connectivity index (χ3v) is 5.32. The van der Waals surface area contributed by atoms with Crippen LogP contribution in [0.25, 0.3) is 0 Å². The van der Waals surface area contributed by atoms with Crippen molar-refractivity contribution in [1.29, 1.82) is 5.26 Å². The van der Waals surface area contributed by atoms with E-state index in [1.54, 1.807) is 0 Å². The van der Waals surface area contributed by atoms with Gasteiger partial charge in [0.2, 0.25) is 5.91 Å². The molecule has 24 heavy (non-hydrogen) atoms. The molecule has 0 bridgehead atoms. The van der Waals surface area contributed by atoms with Crippen molar-refractivity contribution in [3.8, 4) is 6.07 Å². The molecule has 0 radical (unpaired) electrons. The Morgan fingerprint density at radius 1 is 1.29 bits per heavy atom. The minimum atomic E-state index is -0.719. The summed E-state index contributed by atoms with van der Waals surface area (Å²) < 4.78 is 13.0. The summed E-state index contributed by atoms with van der Waals surface area (Å²) in [6.07, 6.45) is 3.98. The number of amides is 1. The van der Waals surface area contributed by atoms with Crippen molar-refractivity contribution in [3.05, 3.63) is 35.6 Å². The summed E-state index contributed by atoms with van der Waals surface area (Å²) in [5.74, 6) is 0.464. The normalized spacial score (nSPS) is 21.7. The molecule has 1 aromatic rings. The number of carbonyl (C=O) groups excluding carboxylic acids is 1. The van der Waals surface area contributed by atoms with Crippen LogP contribution >= 0.6 is 0 Å². The summed E-state index contributed by atoms with van der Waals surface area (Å²) in [5.41, 5.74) is 0.454. The molecule has 4 nitrogen and oxygen atoms in total. The van der Waals surface area contributed by atoms with Crippen LogP contribution in [0.4, 0.5) is 4.39 Å². The maximum Gasteiger partial charge on any atom is 0.235 e. The van der Waals surface area contributed by atoms with Crippen LogP contribution in [0.15, 0.2) is 24.3 Å². The van der Waals surface area contributed by atoms with Gasteiger partial charge in [0, 0.05) is 0 Å². The molecule has 1 atom stereocenters. The predicted molar refractivity (Wildman–Crippen MR) is 89.7 cm³/mol. The second-order valence-electron chi connectivity index (χ2n) is 7.24. The van der Waals surface area contributed by atoms with E-state index in [1.165, 1.54) is 17.7 Å². The molecule has 3 rings (SSSR count). The van der Waals surface area contributed by atoms with Gasteiger partial charge in [0.1, 0.15) is 11.4 Å². The van der Waals surface area contributed by atoms with Gasteiger partial charge in [0.15, 0.2) is 0 Å². The fourth-order valence-electron chi connectivity index (χ4n) is 3.57. The van der Waals surface area contributed by atoms with E-state index < -0.39 is 5.54 Å². The van der Waals surface area contributed by atoms with Gasteiger partial charge in [0.05, 0.1) is 12.6 Å². The van der Waals surface area contributed by atoms with Gasteiger partial charge < -0.3 is 5.32 Å². The number of hydrogen-bond acceptors (Lipinski definition) is 3. The Balaban J connectivity index is 1.47. The van der Waals surface area contributed by atoms with Crippen LogP contribution in [-0.2, 0) is 4.79 Å². The van der Waals surface area contributed by atoms with E-state index in [9.17, 15) is 14.4 Å². The zero-order valence-electron chi connectivity index (χ0n) is 14.1. The number of hydrogen-bond donors (Lipinski definition) is 1. The second kappa shape index (κ2) is 6.90. The number of carbonyl (C=O) groups is 1. The van der Waals surface area contributed by atoms with Crippen molar-refractivity contribution in [2.75, 3.05) is 19.6 Å². The van der Waals surface area contributed by atoms with Crippen molar-refractivity contribution >= 4 is 5.91 Å². The Hall–Kier alpha value is -1.93. The van der Waals surface area contributed by atoms with Crippen molar-refractivity contribution < 1.29 is 9.18 Å². The largest absolute Gasteiger partial charge is 0.337 e. The Bertz CT molecular complexity index is 627. The third-order valence-electron chi connectivity index (χ3n) is 5.32. The molecular formula is C19H24FN3O. The van der Waals surface area contributed by atoms with Crippen LogP contribution < -0.4 is 5.32 Å². The summed E-state index contributed by atoms with van der Waals surface area (Å²) >= 11 is 0. The molecule has 2 fully saturated rings. The summed E-state index contributed by atoms with van der Waals surface area (Å²) in [6, 6.07) is 8.99. The molecule has 0 unspecified atom stereocenters. The number of piperidine rings is 1. The summed E-state index contributed by atoms with van der Waals surface area (Å²) in [5, 5.41) is 12.2. The van der Waals surface area contributed by atoms with E-state index in [-0.39, 0.29) is 11.7 Å². The van der Waals surface area contributed by atoms with Crippen LogP contribution in [0.5, 0.6) is 0 Å². The average molecular weight is 329 g/mol. The highest BCUT2D eigenvalue weighted by Gasteiger charge is 2.43. The number of nitriles is 1. The fraction of sp³-hybridized carbons (Fsp3) is 0.579. The first-order chi connectivity index (χ1) is 11.5. The Morgan fingerprint density at radius 3 is 2.46 bits per heavy atom. The van der Waals surface area contributed by atoms with Gasteiger partial charge in [0.25, 0.3) is 0 Å². The second-order valence-corrected chi connectivity index (χ2v) is 7.24. The van der Waals surface area contributed by atoms with E-state index in [0.29, 0.717) is 18.4 Å². The minimum absolute atomic E-state index is 0.0637. The number of benzene rings is 1. The van der Waals surface area contributed by atoms with E-state index in [2.05, 4.69) is 16.3 Å². The highest BCUT2D eigenvalue weighted by molar-refractivity contribution is 5.79. The highest BCUT2D eigenvalue weighted by atomic mass is 19.1. The molecule has 1 heterocycles. The molecule has 1 aliphatic heterocycles. The third kappa shape index (κ3) is 3.93. The lowest BCUT2D eigenvalue weighted by Gasteiger charge is -2.32. The number of nitrogens with zero attached hydrogens (tertiary/aromatic N) is 2. The molecule has 1 saturated carbocycles. The smallest absolute Gasteiger partial charge is 0.235 e. The van der Waals surface area contributed by atoms with E-state index in [4.69, 9.17) is 0 Å². The molecule has 1 saturated heterocycles. The zero-order chi connectivity index (χ0) is 17.2. The maximum absolute atomic E-state index is 13.0. The topological polar surface area (TPSA) is 56.1 Å². The Morgan fingerprint density at radius 2 is 1.92 bits per heavy atom. The van der Waals surface area contributed by atoms with Crippen molar-refractivity contribution in [1.82, 2.24) is 10.2 Å². The number of likely N-dealkylation sites (tertiary alicyclic amines) is 1. The van der Waals surface area contributed by atoms with Crippen LogP contribution in [0.3, 0.4) is 0 Å². The van der Waals surface area contributed by atoms with Crippen LogP contribution in [0.2, 0.25) is 0 Å². The molecule has 128 valence electrons. The molecule has 0 spiro atoms. The highest BCUT2D eigenvalue weighted by Crippen LogP contribution is 2.39. The standard InChI is InChI=1S/C19H24FN3O/c1-19(13-21,16-4-5-16)22-18(24)12-23-10-8-15(9-11-23)14-2-6-17(20)7-3-14/h2-3,6-7,15-16H,4-5,8-12H2,1H3,(H,22,24)/t19-/m1/s1. The molecule has 5 heteroatoms. The molecule has 1 aromatic carbocycles. The van der Waals surface area contributed by atoms with Gasteiger partial charge in [-0.15, -0.1) is 0 Å². The van der Waals surface area contributed by atoms with Gasteiger partial charge in [-0.05, 0) is 75.2 Å². The maximum atomic E-state index is 13.0. The SMILES string of the molecule is C[C@](C#N)(NC(=O)CN1CCC(c2ccc(F)cc2)CC1)C1CC1. The quantitative estimate of drug-likeness (QED) is 0.904. The van der Waals surface area contributed by atoms with Crippen LogP contribution in [0, 0.1) is 23.1 Å². The summed E-state index contributed by atoms with van der Waals surface area (Å²) in [7, 11) is 0. The van der Waals surface area contributed by atoms with E-state index in [1.807, 2.05) is 19.1 Å². The molecule has 1 aliphatic carbocycles. The van der Waals surface area contributed by atoms with Gasteiger partial charge in [-0.2, -0.15) is 5.26 Å². The fourth-order valence-corrected chi connectivity index (χ4v) is 3.57. The molecular weight excluding hydrogens is 305 g/mol. The van der Waals surface area contributed by atoms with Gasteiger partial charge in [-0.1, -0.05) is 12.1 Å². The van der Waals surface area contributed by atoms with Crippen LogP contribution in [0.1, 0.15) is 44.1 Å². The van der Waals surface area contributed by atoms with E-state index >= 15 is 0 Å². The van der Waals surface area contributed by atoms with Gasteiger partial charge in [-0.3, -0.25) is 9.69 Å². The zero-order valence-corrected chi connectivity index (χ0v) is 14.1. The molecule has 2 aliphatic rings. The lowest BCUT2D eigenvalue weighted by molar-refractivity contribution is -0.123. The van der Waals surface area contributed by atoms with Crippen LogP contribution in [-0.4, -0.2) is 36.0 Å². The lowest BCUT2D eigenvalue weighted by Crippen LogP contribution is -2.51. The van der Waals surface area contributed by atoms with Gasteiger partial charge >= 0.3 is 0 Å². The average Bonchev–Trinajstić information content (AvgIpc) is 3.41. The monoisotopic (exact) mass is 329 g/mol. The Labute approximate surface area is 142 Å². The van der Waals surface area contributed by atoms with E-state index in [0.717, 1.165) is 38.8 Å². The number of nitrogens with one attached hydrogen (secondary N) is 1.